The molecule has 152 valence electrons. The minimum atomic E-state index is -2.44. The van der Waals surface area contributed by atoms with Gasteiger partial charge in [-0.3, -0.25) is 0 Å². The maximum atomic E-state index is 10.2. The number of hydrogen-bond acceptors (Lipinski definition) is 1. The third-order valence-electron chi connectivity index (χ3n) is 6.26. The first-order chi connectivity index (χ1) is 12.6. The number of rotatable bonds is 13. The molecule has 1 saturated carbocycles. The van der Waals surface area contributed by atoms with Crippen molar-refractivity contribution in [2.24, 2.45) is 5.92 Å². The number of hydrogen-bond donors (Lipinski definition) is 1. The summed E-state index contributed by atoms with van der Waals surface area (Å²) >= 11 is -2.44. The van der Waals surface area contributed by atoms with E-state index in [0.29, 0.717) is 0 Å². The third-order valence-corrected chi connectivity index (χ3v) is 21.9. The van der Waals surface area contributed by atoms with Crippen LogP contribution in [0.25, 0.3) is 0 Å². The standard InChI is InChI=1S/C12H19O.3C4H9.Sn/c1-11(13)7-5-6-10-12-8-3-2-4-9-12;3*1-3-4-2;/h6-7,10-13H,2-4,8-9H2,1H3;3*1,3-4H2,2H3;/b7-5?,10-6+;;;;. The van der Waals surface area contributed by atoms with Crippen molar-refractivity contribution in [3.8, 4) is 0 Å². The van der Waals surface area contributed by atoms with Crippen LogP contribution in [0.5, 0.6) is 0 Å². The quantitative estimate of drug-likeness (QED) is 0.215. The summed E-state index contributed by atoms with van der Waals surface area (Å²) in [5.74, 6) is 0.786. The molecule has 26 heavy (non-hydrogen) atoms. The Morgan fingerprint density at radius 1 is 0.923 bits per heavy atom. The van der Waals surface area contributed by atoms with Gasteiger partial charge in [-0.05, 0) is 0 Å². The monoisotopic (exact) mass is 470 g/mol. The van der Waals surface area contributed by atoms with Crippen LogP contribution in [0.1, 0.15) is 98.3 Å². The number of allylic oxidation sites excluding steroid dienone is 3. The molecule has 1 fully saturated rings. The summed E-state index contributed by atoms with van der Waals surface area (Å²) in [6.07, 6.45) is 22.1. The second-order valence-electron chi connectivity index (χ2n) is 8.71. The first-order valence-electron chi connectivity index (χ1n) is 11.7. The molecule has 1 rings (SSSR count). The van der Waals surface area contributed by atoms with E-state index in [1.807, 2.05) is 6.92 Å². The topological polar surface area (TPSA) is 20.2 Å². The van der Waals surface area contributed by atoms with Crippen LogP contribution in [0.4, 0.5) is 0 Å². The van der Waals surface area contributed by atoms with Gasteiger partial charge in [-0.2, -0.15) is 0 Å². The Balaban J connectivity index is 3.12. The third kappa shape index (κ3) is 8.95. The number of unbranched alkanes of at least 4 members (excludes halogenated alkanes) is 3. The molecular formula is C24H46OSn. The zero-order valence-corrected chi connectivity index (χ0v) is 21.1. The van der Waals surface area contributed by atoms with Gasteiger partial charge in [0.1, 0.15) is 0 Å². The van der Waals surface area contributed by atoms with E-state index < -0.39 is 18.4 Å². The van der Waals surface area contributed by atoms with Crippen molar-refractivity contribution in [1.29, 1.82) is 0 Å². The fourth-order valence-electron chi connectivity index (χ4n) is 4.59. The fourth-order valence-corrected chi connectivity index (χ4v) is 21.0. The van der Waals surface area contributed by atoms with Crippen molar-refractivity contribution >= 4 is 18.4 Å². The Kier molecular flexibility index (Phi) is 13.3. The number of aliphatic hydroxyl groups excluding tert-OH is 1. The number of aliphatic hydroxyl groups is 1. The Bertz CT molecular complexity index is 383. The van der Waals surface area contributed by atoms with E-state index in [4.69, 9.17) is 0 Å². The van der Waals surface area contributed by atoms with Crippen molar-refractivity contribution in [2.45, 2.75) is 118 Å². The average molecular weight is 469 g/mol. The SMILES string of the molecule is CCC[CH2][Sn]([CH2]CCC)([CH2]CCC)[C](/C=C/C1CCCCC1)=C/C(C)O. The van der Waals surface area contributed by atoms with Gasteiger partial charge in [-0.15, -0.1) is 0 Å². The molecule has 0 heterocycles. The van der Waals surface area contributed by atoms with Crippen LogP contribution < -0.4 is 0 Å². The van der Waals surface area contributed by atoms with Gasteiger partial charge in [0, 0.05) is 0 Å². The maximum absolute atomic E-state index is 10.2. The molecule has 0 bridgehead atoms. The molecule has 0 aromatic rings. The van der Waals surface area contributed by atoms with Crippen LogP contribution in [-0.4, -0.2) is 29.6 Å². The molecule has 0 amide bonds. The van der Waals surface area contributed by atoms with Gasteiger partial charge in [0.25, 0.3) is 0 Å². The Hall–Kier alpha value is 0.239. The summed E-state index contributed by atoms with van der Waals surface area (Å²) in [5, 5.41) is 10.2. The first kappa shape index (κ1) is 24.3. The summed E-state index contributed by atoms with van der Waals surface area (Å²) in [6.45, 7) is 8.97. The van der Waals surface area contributed by atoms with E-state index in [0.717, 1.165) is 5.92 Å². The molecule has 1 nitrogen and oxygen atoms in total. The summed E-state index contributed by atoms with van der Waals surface area (Å²) in [7, 11) is 0. The molecule has 0 saturated heterocycles. The van der Waals surface area contributed by atoms with Crippen LogP contribution >= 0.6 is 0 Å². The molecule has 1 aliphatic carbocycles. The fraction of sp³-hybridized carbons (Fsp3) is 0.833. The van der Waals surface area contributed by atoms with E-state index >= 15 is 0 Å². The van der Waals surface area contributed by atoms with Crippen LogP contribution in [0.15, 0.2) is 21.8 Å². The van der Waals surface area contributed by atoms with E-state index in [2.05, 4.69) is 39.0 Å². The van der Waals surface area contributed by atoms with Crippen molar-refractivity contribution in [3.63, 3.8) is 0 Å². The van der Waals surface area contributed by atoms with E-state index in [-0.39, 0.29) is 6.10 Å². The van der Waals surface area contributed by atoms with Crippen LogP contribution in [0, 0.1) is 5.92 Å². The molecule has 2 heteroatoms. The normalized spacial score (nSPS) is 18.6. The van der Waals surface area contributed by atoms with Gasteiger partial charge >= 0.3 is 169 Å². The Morgan fingerprint density at radius 2 is 1.42 bits per heavy atom. The summed E-state index contributed by atoms with van der Waals surface area (Å²) < 4.78 is 6.10. The van der Waals surface area contributed by atoms with E-state index in [9.17, 15) is 5.11 Å². The van der Waals surface area contributed by atoms with Crippen molar-refractivity contribution < 1.29 is 5.11 Å². The van der Waals surface area contributed by atoms with Crippen LogP contribution in [0.2, 0.25) is 13.3 Å². The Labute approximate surface area is 168 Å². The summed E-state index contributed by atoms with van der Waals surface area (Å²) in [6, 6.07) is 0. The molecular weight excluding hydrogens is 423 g/mol. The molecule has 1 atom stereocenters. The molecule has 0 spiro atoms. The zero-order chi connectivity index (χ0) is 19.3. The molecule has 0 aromatic heterocycles. The average Bonchev–Trinajstić information content (AvgIpc) is 2.65. The van der Waals surface area contributed by atoms with Crippen molar-refractivity contribution in [3.05, 3.63) is 21.8 Å². The van der Waals surface area contributed by atoms with Gasteiger partial charge in [0.2, 0.25) is 0 Å². The second kappa shape index (κ2) is 14.3. The molecule has 0 radical (unpaired) electrons. The van der Waals surface area contributed by atoms with E-state index in [1.165, 1.54) is 83.9 Å². The predicted octanol–water partition coefficient (Wildman–Crippen LogP) is 7.82. The van der Waals surface area contributed by atoms with Crippen LogP contribution in [0.3, 0.4) is 0 Å². The Morgan fingerprint density at radius 3 is 1.85 bits per heavy atom. The van der Waals surface area contributed by atoms with Crippen molar-refractivity contribution in [1.82, 2.24) is 0 Å². The van der Waals surface area contributed by atoms with E-state index in [1.54, 1.807) is 3.59 Å². The van der Waals surface area contributed by atoms with Gasteiger partial charge in [-0.1, -0.05) is 0 Å². The van der Waals surface area contributed by atoms with Crippen LogP contribution in [-0.2, 0) is 0 Å². The minimum absolute atomic E-state index is 0.304. The molecule has 1 aliphatic rings. The molecule has 1 unspecified atom stereocenters. The molecule has 0 aliphatic heterocycles. The van der Waals surface area contributed by atoms with Gasteiger partial charge in [0.05, 0.1) is 0 Å². The van der Waals surface area contributed by atoms with Gasteiger partial charge in [-0.25, -0.2) is 0 Å². The second-order valence-corrected chi connectivity index (χ2v) is 21.9. The molecule has 1 N–H and O–H groups in total. The zero-order valence-electron chi connectivity index (χ0n) is 18.2. The predicted molar refractivity (Wildman–Crippen MR) is 120 cm³/mol. The van der Waals surface area contributed by atoms with Gasteiger partial charge < -0.3 is 0 Å². The summed E-state index contributed by atoms with van der Waals surface area (Å²) in [4.78, 5) is 0. The molecule has 0 aromatic carbocycles. The summed E-state index contributed by atoms with van der Waals surface area (Å²) in [5.41, 5.74) is 0. The van der Waals surface area contributed by atoms with Crippen molar-refractivity contribution in [2.75, 3.05) is 0 Å². The first-order valence-corrected chi connectivity index (χ1v) is 19.1. The van der Waals surface area contributed by atoms with Gasteiger partial charge in [0.15, 0.2) is 0 Å².